The number of nitrogens with zero attached hydrogens (tertiary/aromatic N) is 2. The molecule has 4 rings (SSSR count). The second-order valence-electron chi connectivity index (χ2n) is 7.03. The highest BCUT2D eigenvalue weighted by Gasteiger charge is 2.22. The summed E-state index contributed by atoms with van der Waals surface area (Å²) < 4.78 is 0. The second kappa shape index (κ2) is 8.28. The van der Waals surface area contributed by atoms with Crippen LogP contribution < -0.4 is 10.9 Å². The maximum atomic E-state index is 12.5. The summed E-state index contributed by atoms with van der Waals surface area (Å²) in [5.74, 6) is 1.26. The van der Waals surface area contributed by atoms with Gasteiger partial charge in [0.25, 0.3) is 5.56 Å². The largest absolute Gasteiger partial charge is 0.396 e. The average Bonchev–Trinajstić information content (AvgIpc) is 3.24. The monoisotopic (exact) mass is 389 g/mol. The lowest BCUT2D eigenvalue weighted by molar-refractivity contribution is 0.285. The number of nitrogens with one attached hydrogen (secondary N) is 3. The number of hydrogen-bond donors (Lipinski definition) is 4. The molecule has 0 radical (unpaired) electrons. The summed E-state index contributed by atoms with van der Waals surface area (Å²) in [5.41, 5.74) is 5.01. The fourth-order valence-electron chi connectivity index (χ4n) is 3.41. The maximum absolute atomic E-state index is 12.5. The fourth-order valence-corrected chi connectivity index (χ4v) is 3.41. The van der Waals surface area contributed by atoms with E-state index in [4.69, 9.17) is 5.11 Å². The highest BCUT2D eigenvalue weighted by Crippen LogP contribution is 2.36. The third-order valence-corrected chi connectivity index (χ3v) is 4.84. The molecule has 0 saturated heterocycles. The van der Waals surface area contributed by atoms with Crippen LogP contribution in [0.5, 0.6) is 0 Å². The van der Waals surface area contributed by atoms with Crippen LogP contribution in [0.1, 0.15) is 36.0 Å². The topological polar surface area (TPSA) is 106 Å². The number of unbranched alkanes of at least 4 members (excludes halogenated alkanes) is 1. The zero-order chi connectivity index (χ0) is 20.2. The van der Waals surface area contributed by atoms with Gasteiger partial charge in [-0.2, -0.15) is 0 Å². The smallest absolute Gasteiger partial charge is 0.273 e. The molecule has 7 heteroatoms. The lowest BCUT2D eigenvalue weighted by Gasteiger charge is -2.08. The molecular formula is C22H23N5O2. The maximum Gasteiger partial charge on any atom is 0.273 e. The van der Waals surface area contributed by atoms with Crippen molar-refractivity contribution in [2.75, 3.05) is 11.9 Å². The Kier molecular flexibility index (Phi) is 5.39. The van der Waals surface area contributed by atoms with Gasteiger partial charge in [-0.15, -0.1) is 0 Å². The van der Waals surface area contributed by atoms with Crippen LogP contribution in [0, 0.1) is 6.92 Å². The normalized spacial score (nSPS) is 14.1. The van der Waals surface area contributed by atoms with Crippen molar-refractivity contribution in [2.45, 2.75) is 26.2 Å². The van der Waals surface area contributed by atoms with E-state index < -0.39 is 0 Å². The van der Waals surface area contributed by atoms with Crippen molar-refractivity contribution in [3.05, 3.63) is 69.6 Å². The van der Waals surface area contributed by atoms with E-state index in [1.807, 2.05) is 49.4 Å². The van der Waals surface area contributed by atoms with Gasteiger partial charge in [0, 0.05) is 29.6 Å². The molecular weight excluding hydrogens is 366 g/mol. The van der Waals surface area contributed by atoms with E-state index in [0.717, 1.165) is 34.5 Å². The van der Waals surface area contributed by atoms with Gasteiger partial charge < -0.3 is 10.4 Å². The summed E-state index contributed by atoms with van der Waals surface area (Å²) in [6, 6.07) is 11.8. The first-order chi connectivity index (χ1) is 14.2. The van der Waals surface area contributed by atoms with E-state index in [9.17, 15) is 4.79 Å². The number of rotatable bonds is 7. The van der Waals surface area contributed by atoms with E-state index in [2.05, 4.69) is 25.5 Å². The minimum Gasteiger partial charge on any atom is -0.396 e. The van der Waals surface area contributed by atoms with Crippen molar-refractivity contribution < 1.29 is 5.11 Å². The summed E-state index contributed by atoms with van der Waals surface area (Å²) in [6.07, 6.45) is 5.81. The van der Waals surface area contributed by atoms with Gasteiger partial charge in [-0.1, -0.05) is 12.1 Å². The molecule has 1 aliphatic rings. The number of aliphatic hydroxyl groups is 1. The Hall–Kier alpha value is -3.45. The van der Waals surface area contributed by atoms with E-state index in [0.29, 0.717) is 30.0 Å². The number of aromatic amines is 2. The van der Waals surface area contributed by atoms with Crippen molar-refractivity contribution in [3.8, 4) is 0 Å². The molecule has 0 amide bonds. The molecule has 0 spiro atoms. The molecule has 3 aromatic rings. The average molecular weight is 389 g/mol. The summed E-state index contributed by atoms with van der Waals surface area (Å²) in [6.45, 7) is 2.17. The number of aliphatic imine (C=N–C) groups is 1. The predicted octanol–water partition coefficient (Wildman–Crippen LogP) is 3.94. The molecule has 1 aliphatic heterocycles. The van der Waals surface area contributed by atoms with Crippen molar-refractivity contribution in [1.29, 1.82) is 0 Å². The summed E-state index contributed by atoms with van der Waals surface area (Å²) in [5, 5.41) is 18.0. The number of fused-ring (bicyclic) bond motifs is 1. The van der Waals surface area contributed by atoms with E-state index in [1.165, 1.54) is 0 Å². The van der Waals surface area contributed by atoms with Gasteiger partial charge in [0.2, 0.25) is 0 Å². The Bertz CT molecular complexity index is 1140. The number of allylic oxidation sites excluding steroid dienone is 1. The molecule has 0 saturated carbocycles. The fraction of sp³-hybridized carbons (Fsp3) is 0.227. The first-order valence-electron chi connectivity index (χ1n) is 9.66. The van der Waals surface area contributed by atoms with Crippen LogP contribution in [-0.2, 0) is 0 Å². The third kappa shape index (κ3) is 4.05. The standard InChI is InChI=1S/C22H23N5O2/c1-14-6-4-7-15(12-14)24-21-18(22(29)27-26-21)13-17-16-8-5-10-23-20(16)25-19(17)9-2-3-11-28/h4-8,10,12-13,28H,2-3,9,11H2,1H3,(H3,24,26,27,29). The molecule has 148 valence electrons. The molecule has 7 nitrogen and oxygen atoms in total. The van der Waals surface area contributed by atoms with Crippen molar-refractivity contribution in [1.82, 2.24) is 15.2 Å². The van der Waals surface area contributed by atoms with E-state index in [-0.39, 0.29) is 12.2 Å². The zero-order valence-corrected chi connectivity index (χ0v) is 16.2. The Labute approximate surface area is 168 Å². The molecule has 4 N–H and O–H groups in total. The molecule has 0 fully saturated rings. The Morgan fingerprint density at radius 1 is 1.17 bits per heavy atom. The van der Waals surface area contributed by atoms with Crippen LogP contribution in [0.2, 0.25) is 0 Å². The van der Waals surface area contributed by atoms with Gasteiger partial charge in [-0.05, 0) is 62.1 Å². The summed E-state index contributed by atoms with van der Waals surface area (Å²) >= 11 is 0. The first-order valence-corrected chi connectivity index (χ1v) is 9.66. The van der Waals surface area contributed by atoms with Gasteiger partial charge >= 0.3 is 0 Å². The molecule has 1 aromatic carbocycles. The number of pyridine rings is 1. The van der Waals surface area contributed by atoms with Crippen LogP contribution in [0.4, 0.5) is 17.3 Å². The summed E-state index contributed by atoms with van der Waals surface area (Å²) in [4.78, 5) is 21.5. The third-order valence-electron chi connectivity index (χ3n) is 4.84. The molecule has 29 heavy (non-hydrogen) atoms. The summed E-state index contributed by atoms with van der Waals surface area (Å²) in [7, 11) is 0. The van der Waals surface area contributed by atoms with Crippen molar-refractivity contribution in [2.24, 2.45) is 4.99 Å². The molecule has 0 atom stereocenters. The van der Waals surface area contributed by atoms with Crippen LogP contribution >= 0.6 is 0 Å². The van der Waals surface area contributed by atoms with Gasteiger partial charge in [-0.25, -0.2) is 9.98 Å². The van der Waals surface area contributed by atoms with Crippen molar-refractivity contribution >= 4 is 34.7 Å². The number of H-pyrrole nitrogens is 2. The van der Waals surface area contributed by atoms with Crippen LogP contribution in [0.3, 0.4) is 0 Å². The number of benzene rings is 1. The van der Waals surface area contributed by atoms with Gasteiger partial charge in [0.15, 0.2) is 5.82 Å². The first kappa shape index (κ1) is 18.9. The molecule has 2 aromatic heterocycles. The van der Waals surface area contributed by atoms with Gasteiger partial charge in [0.1, 0.15) is 5.82 Å². The molecule has 3 heterocycles. The lowest BCUT2D eigenvalue weighted by atomic mass is 9.98. The number of aryl methyl sites for hydroxylation is 1. The van der Waals surface area contributed by atoms with Crippen LogP contribution in [0.25, 0.3) is 11.6 Å². The number of hydrogen-bond acceptors (Lipinski definition) is 5. The van der Waals surface area contributed by atoms with Crippen molar-refractivity contribution in [3.63, 3.8) is 0 Å². The highest BCUT2D eigenvalue weighted by atomic mass is 16.2. The predicted molar refractivity (Wildman–Crippen MR) is 116 cm³/mol. The van der Waals surface area contributed by atoms with E-state index in [1.54, 1.807) is 6.20 Å². The lowest BCUT2D eigenvalue weighted by Crippen LogP contribution is -2.05. The van der Waals surface area contributed by atoms with Gasteiger partial charge in [0.05, 0.1) is 11.3 Å². The number of aliphatic hydroxyl groups excluding tert-OH is 1. The Balaban J connectivity index is 1.71. The number of aromatic nitrogens is 3. The Morgan fingerprint density at radius 3 is 2.90 bits per heavy atom. The van der Waals surface area contributed by atoms with E-state index >= 15 is 0 Å². The van der Waals surface area contributed by atoms with Crippen LogP contribution in [-0.4, -0.2) is 32.6 Å². The molecule has 0 unspecified atom stereocenters. The molecule has 0 aliphatic carbocycles. The van der Waals surface area contributed by atoms with Gasteiger partial charge in [-0.3, -0.25) is 15.0 Å². The number of anilines is 2. The minimum absolute atomic E-state index is 0.152. The Morgan fingerprint density at radius 2 is 2.07 bits per heavy atom. The SMILES string of the molecule is Cc1cccc(Nc2[nH][nH]c(=O)c2C=C2C(CCCCO)=Nc3ncccc32)c1. The highest BCUT2D eigenvalue weighted by molar-refractivity contribution is 6.32. The minimum atomic E-state index is -0.209. The molecule has 0 bridgehead atoms. The quantitative estimate of drug-likeness (QED) is 0.459. The zero-order valence-electron chi connectivity index (χ0n) is 16.2. The second-order valence-corrected chi connectivity index (χ2v) is 7.03. The van der Waals surface area contributed by atoms with Crippen LogP contribution in [0.15, 0.2) is 52.4 Å².